The van der Waals surface area contributed by atoms with E-state index in [9.17, 15) is 0 Å². The molecule has 1 fully saturated rings. The number of ether oxygens (including phenoxy) is 1. The number of aryl methyl sites for hydroxylation is 1. The summed E-state index contributed by atoms with van der Waals surface area (Å²) in [6.07, 6.45) is 21.1. The normalized spacial score (nSPS) is 11.0. The summed E-state index contributed by atoms with van der Waals surface area (Å²) in [7, 11) is 1.67. The monoisotopic (exact) mass is 466 g/mol. The minimum atomic E-state index is 0.773. The summed E-state index contributed by atoms with van der Waals surface area (Å²) in [5.74, 6) is 1.62. The molecular weight excluding hydrogens is 416 g/mol. The zero-order valence-corrected chi connectivity index (χ0v) is 22.7. The van der Waals surface area contributed by atoms with E-state index in [0.717, 1.165) is 30.0 Å². The summed E-state index contributed by atoms with van der Waals surface area (Å²) in [6.45, 7) is 15.8. The molecule has 0 unspecified atom stereocenters. The van der Waals surface area contributed by atoms with Crippen molar-refractivity contribution >= 4 is 0 Å². The number of nitrogens with zero attached hydrogens (tertiary/aromatic N) is 2. The van der Waals surface area contributed by atoms with Gasteiger partial charge in [-0.25, -0.2) is 9.97 Å². The van der Waals surface area contributed by atoms with E-state index in [4.69, 9.17) is 4.74 Å². The SMILES string of the molecule is C=C1CC1.C=CCC.CCCC.CCCCCCCCc1cnc(-c2ccc(OC)cc2)nc1. The van der Waals surface area contributed by atoms with Gasteiger partial charge in [-0.2, -0.15) is 0 Å². The van der Waals surface area contributed by atoms with Crippen LogP contribution < -0.4 is 4.74 Å². The lowest BCUT2D eigenvalue weighted by Crippen LogP contribution is -1.93. The fourth-order valence-corrected chi connectivity index (χ4v) is 2.57. The Morgan fingerprint density at radius 3 is 1.74 bits per heavy atom. The van der Waals surface area contributed by atoms with E-state index < -0.39 is 0 Å². The van der Waals surface area contributed by atoms with Crippen molar-refractivity contribution in [1.29, 1.82) is 0 Å². The van der Waals surface area contributed by atoms with Gasteiger partial charge >= 0.3 is 0 Å². The van der Waals surface area contributed by atoms with E-state index in [1.54, 1.807) is 7.11 Å². The summed E-state index contributed by atoms with van der Waals surface area (Å²) in [5, 5.41) is 0. The lowest BCUT2D eigenvalue weighted by atomic mass is 10.1. The number of hydrogen-bond acceptors (Lipinski definition) is 3. The minimum absolute atomic E-state index is 0.773. The summed E-state index contributed by atoms with van der Waals surface area (Å²) in [4.78, 5) is 8.96. The Balaban J connectivity index is 0.000000742. The van der Waals surface area contributed by atoms with Gasteiger partial charge in [0.1, 0.15) is 5.75 Å². The first kappa shape index (κ1) is 31.6. The third-order valence-electron chi connectivity index (χ3n) is 5.26. The zero-order chi connectivity index (χ0) is 25.4. The summed E-state index contributed by atoms with van der Waals surface area (Å²) in [6, 6.07) is 7.84. The lowest BCUT2D eigenvalue weighted by molar-refractivity contribution is 0.415. The van der Waals surface area contributed by atoms with E-state index in [0.29, 0.717) is 0 Å². The molecule has 0 N–H and O–H groups in total. The quantitative estimate of drug-likeness (QED) is 0.244. The highest BCUT2D eigenvalue weighted by atomic mass is 16.5. The van der Waals surface area contributed by atoms with Gasteiger partial charge in [-0.3, -0.25) is 0 Å². The van der Waals surface area contributed by atoms with Crippen LogP contribution in [0.2, 0.25) is 0 Å². The van der Waals surface area contributed by atoms with Crippen molar-refractivity contribution in [3.63, 3.8) is 0 Å². The first-order chi connectivity index (χ1) is 16.6. The number of methoxy groups -OCH3 is 1. The number of allylic oxidation sites excluding steroid dienone is 2. The van der Waals surface area contributed by atoms with Gasteiger partial charge in [-0.15, -0.1) is 6.58 Å². The summed E-state index contributed by atoms with van der Waals surface area (Å²) >= 11 is 0. The van der Waals surface area contributed by atoms with Crippen LogP contribution in [0.3, 0.4) is 0 Å². The molecule has 1 aromatic heterocycles. The van der Waals surface area contributed by atoms with Gasteiger partial charge in [0.05, 0.1) is 7.11 Å². The fourth-order valence-electron chi connectivity index (χ4n) is 2.57. The molecule has 0 radical (unpaired) electrons. The maximum Gasteiger partial charge on any atom is 0.159 e. The molecule has 1 heterocycles. The Labute approximate surface area is 210 Å². The molecule has 0 aliphatic heterocycles. The molecule has 1 aromatic carbocycles. The topological polar surface area (TPSA) is 35.0 Å². The molecule has 190 valence electrons. The molecule has 2 aromatic rings. The molecule has 1 saturated carbocycles. The van der Waals surface area contributed by atoms with Gasteiger partial charge in [0, 0.05) is 18.0 Å². The highest BCUT2D eigenvalue weighted by molar-refractivity contribution is 5.55. The fraction of sp³-hybridized carbons (Fsp3) is 0.548. The molecule has 0 saturated heterocycles. The molecular formula is C31H50N2O. The second-order valence-corrected chi connectivity index (χ2v) is 8.61. The van der Waals surface area contributed by atoms with Crippen molar-refractivity contribution in [3.8, 4) is 17.1 Å². The Kier molecular flexibility index (Phi) is 20.8. The molecule has 1 aliphatic carbocycles. The predicted octanol–water partition coefficient (Wildman–Crippen LogP) is 9.78. The summed E-state index contributed by atoms with van der Waals surface area (Å²) < 4.78 is 5.16. The van der Waals surface area contributed by atoms with Crippen LogP contribution in [0.25, 0.3) is 11.4 Å². The maximum atomic E-state index is 5.16. The van der Waals surface area contributed by atoms with Gasteiger partial charge in [0.25, 0.3) is 0 Å². The van der Waals surface area contributed by atoms with Crippen molar-refractivity contribution < 1.29 is 4.74 Å². The molecule has 0 atom stereocenters. The number of hydrogen-bond donors (Lipinski definition) is 0. The van der Waals surface area contributed by atoms with Crippen LogP contribution in [0, 0.1) is 0 Å². The Morgan fingerprint density at radius 1 is 0.824 bits per heavy atom. The number of aromatic nitrogens is 2. The second kappa shape index (κ2) is 22.4. The average Bonchev–Trinajstić information content (AvgIpc) is 3.69. The highest BCUT2D eigenvalue weighted by Crippen LogP contribution is 2.23. The van der Waals surface area contributed by atoms with Crippen molar-refractivity contribution in [3.05, 3.63) is 67.0 Å². The van der Waals surface area contributed by atoms with Crippen LogP contribution in [0.15, 0.2) is 61.5 Å². The Hall–Kier alpha value is -2.42. The second-order valence-electron chi connectivity index (χ2n) is 8.61. The van der Waals surface area contributed by atoms with E-state index in [2.05, 4.69) is 50.8 Å². The van der Waals surface area contributed by atoms with E-state index >= 15 is 0 Å². The standard InChI is InChI=1S/C19H26N2O.C4H6.C4H10.C4H8/c1-3-4-5-6-7-8-9-16-14-20-19(21-15-16)17-10-12-18(22-2)13-11-17;1-4-2-3-4;2*1-3-4-2/h10-15H,3-9H2,1-2H3;1-3H2;3-4H2,1-2H3;3H,1,4H2,2H3. The van der Waals surface area contributed by atoms with Gasteiger partial charge in [0.15, 0.2) is 5.82 Å². The minimum Gasteiger partial charge on any atom is -0.497 e. The average molecular weight is 467 g/mol. The third kappa shape index (κ3) is 18.1. The molecule has 3 nitrogen and oxygen atoms in total. The Bertz CT molecular complexity index is 727. The Morgan fingerprint density at radius 2 is 1.32 bits per heavy atom. The van der Waals surface area contributed by atoms with Gasteiger partial charge in [-0.05, 0) is 61.9 Å². The zero-order valence-electron chi connectivity index (χ0n) is 22.7. The van der Waals surface area contributed by atoms with Crippen LogP contribution in [0.1, 0.15) is 104 Å². The van der Waals surface area contributed by atoms with Crippen LogP contribution in [0.5, 0.6) is 5.75 Å². The van der Waals surface area contributed by atoms with E-state index in [1.165, 1.54) is 75.3 Å². The van der Waals surface area contributed by atoms with Crippen LogP contribution in [-0.2, 0) is 6.42 Å². The first-order valence-corrected chi connectivity index (χ1v) is 13.3. The molecule has 0 bridgehead atoms. The number of unbranched alkanes of at least 4 members (excludes halogenated alkanes) is 6. The smallest absolute Gasteiger partial charge is 0.159 e. The first-order valence-electron chi connectivity index (χ1n) is 13.3. The van der Waals surface area contributed by atoms with Crippen LogP contribution >= 0.6 is 0 Å². The lowest BCUT2D eigenvalue weighted by Gasteiger charge is -2.04. The van der Waals surface area contributed by atoms with E-state index in [1.807, 2.05) is 42.7 Å². The number of benzene rings is 1. The predicted molar refractivity (Wildman–Crippen MR) is 151 cm³/mol. The number of rotatable bonds is 11. The van der Waals surface area contributed by atoms with Crippen LogP contribution in [0.4, 0.5) is 0 Å². The molecule has 0 spiro atoms. The van der Waals surface area contributed by atoms with Crippen molar-refractivity contribution in [2.24, 2.45) is 0 Å². The summed E-state index contributed by atoms with van der Waals surface area (Å²) in [5.41, 5.74) is 3.67. The molecule has 34 heavy (non-hydrogen) atoms. The molecule has 1 aliphatic rings. The maximum absolute atomic E-state index is 5.16. The largest absolute Gasteiger partial charge is 0.497 e. The molecule has 0 amide bonds. The van der Waals surface area contributed by atoms with Crippen molar-refractivity contribution in [2.75, 3.05) is 7.11 Å². The molecule has 3 heteroatoms. The highest BCUT2D eigenvalue weighted by Gasteiger charge is 2.04. The van der Waals surface area contributed by atoms with Crippen molar-refractivity contribution in [2.45, 2.75) is 105 Å². The van der Waals surface area contributed by atoms with E-state index in [-0.39, 0.29) is 0 Å². The molecule has 3 rings (SSSR count). The third-order valence-corrected chi connectivity index (χ3v) is 5.26. The van der Waals surface area contributed by atoms with Gasteiger partial charge in [-0.1, -0.05) is 90.9 Å². The van der Waals surface area contributed by atoms with Gasteiger partial charge < -0.3 is 4.74 Å². The van der Waals surface area contributed by atoms with Gasteiger partial charge in [0.2, 0.25) is 0 Å². The van der Waals surface area contributed by atoms with Crippen LogP contribution in [-0.4, -0.2) is 17.1 Å². The van der Waals surface area contributed by atoms with Crippen molar-refractivity contribution in [1.82, 2.24) is 9.97 Å².